The Morgan fingerprint density at radius 2 is 1.92 bits per heavy atom. The number of carbonyl (C=O) groups excluding carboxylic acids is 1. The van der Waals surface area contributed by atoms with Gasteiger partial charge in [0.25, 0.3) is 11.5 Å². The first kappa shape index (κ1) is 17.3. The third-order valence-electron chi connectivity index (χ3n) is 5.79. The monoisotopic (exact) mass is 356 g/mol. The van der Waals surface area contributed by atoms with E-state index in [1.54, 1.807) is 19.4 Å². The average Bonchev–Trinajstić information content (AvgIpc) is 3.34. The van der Waals surface area contributed by atoms with Crippen molar-refractivity contribution in [2.45, 2.75) is 51.1 Å². The molecule has 0 bridgehead atoms. The van der Waals surface area contributed by atoms with Crippen molar-refractivity contribution < 1.29 is 4.79 Å². The molecular formula is C20H28N4O2. The molecule has 140 valence electrons. The number of aryl methyl sites for hydroxylation is 1. The topological polar surface area (TPSA) is 61.3 Å². The van der Waals surface area contributed by atoms with Crippen LogP contribution in [0.2, 0.25) is 0 Å². The third-order valence-corrected chi connectivity index (χ3v) is 5.79. The molecular weight excluding hydrogens is 328 g/mol. The fourth-order valence-electron chi connectivity index (χ4n) is 4.30. The molecule has 1 saturated carbocycles. The smallest absolute Gasteiger partial charge is 0.274 e. The van der Waals surface area contributed by atoms with Gasteiger partial charge in [-0.25, -0.2) is 0 Å². The molecule has 1 saturated heterocycles. The molecule has 2 aliphatic rings. The summed E-state index contributed by atoms with van der Waals surface area (Å²) in [6.45, 7) is 5.51. The maximum Gasteiger partial charge on any atom is 0.274 e. The van der Waals surface area contributed by atoms with Crippen LogP contribution in [0.25, 0.3) is 10.9 Å². The second kappa shape index (κ2) is 6.91. The minimum atomic E-state index is -0.0904. The Bertz CT molecular complexity index is 856. The molecule has 2 aromatic heterocycles. The largest absolute Gasteiger partial charge is 0.357 e. The van der Waals surface area contributed by atoms with E-state index >= 15 is 0 Å². The van der Waals surface area contributed by atoms with Gasteiger partial charge >= 0.3 is 0 Å². The lowest BCUT2D eigenvalue weighted by atomic mass is 10.0. The van der Waals surface area contributed by atoms with Crippen LogP contribution < -0.4 is 5.56 Å². The Balaban J connectivity index is 1.62. The van der Waals surface area contributed by atoms with E-state index in [4.69, 9.17) is 0 Å². The van der Waals surface area contributed by atoms with Crippen molar-refractivity contribution in [3.63, 3.8) is 0 Å². The van der Waals surface area contributed by atoms with E-state index in [9.17, 15) is 9.59 Å². The third kappa shape index (κ3) is 3.07. The molecule has 0 unspecified atom stereocenters. The zero-order chi connectivity index (χ0) is 18.3. The maximum atomic E-state index is 13.5. The standard InChI is InChI=1S/C20H28N4O2/c1-3-10-23-11-7-15(8-12-23)24(14-4-5-14)19(25)17-13-22(2)20(26)18-16(17)6-9-21-18/h6,9,13-15,21H,3-5,7-8,10-12H2,1-2H3. The molecule has 6 heteroatoms. The summed E-state index contributed by atoms with van der Waals surface area (Å²) in [6, 6.07) is 2.53. The van der Waals surface area contributed by atoms with Crippen molar-refractivity contribution in [3.05, 3.63) is 34.4 Å². The lowest BCUT2D eigenvalue weighted by molar-refractivity contribution is 0.0551. The number of rotatable bonds is 5. The lowest BCUT2D eigenvalue weighted by Crippen LogP contribution is -2.48. The minimum absolute atomic E-state index is 0.0849. The first-order chi connectivity index (χ1) is 12.6. The predicted octanol–water partition coefficient (Wildman–Crippen LogP) is 2.35. The number of aromatic nitrogens is 2. The number of hydrogen-bond acceptors (Lipinski definition) is 3. The molecule has 2 aromatic rings. The summed E-state index contributed by atoms with van der Waals surface area (Å²) < 4.78 is 1.51. The first-order valence-corrected chi connectivity index (χ1v) is 9.82. The number of carbonyl (C=O) groups is 1. The van der Waals surface area contributed by atoms with Gasteiger partial charge in [-0.1, -0.05) is 6.92 Å². The molecule has 2 fully saturated rings. The molecule has 4 rings (SSSR count). The van der Waals surface area contributed by atoms with Gasteiger partial charge in [0.15, 0.2) is 0 Å². The second-order valence-electron chi connectivity index (χ2n) is 7.74. The summed E-state index contributed by atoms with van der Waals surface area (Å²) >= 11 is 0. The van der Waals surface area contributed by atoms with Gasteiger partial charge in [-0.2, -0.15) is 0 Å². The normalized spacial score (nSPS) is 19.2. The summed E-state index contributed by atoms with van der Waals surface area (Å²) in [4.78, 5) is 33.4. The number of hydrogen-bond donors (Lipinski definition) is 1. The Hall–Kier alpha value is -2.08. The number of nitrogens with one attached hydrogen (secondary N) is 1. The van der Waals surface area contributed by atoms with Crippen LogP contribution in [-0.2, 0) is 7.05 Å². The van der Waals surface area contributed by atoms with Crippen LogP contribution in [0.3, 0.4) is 0 Å². The van der Waals surface area contributed by atoms with Crippen molar-refractivity contribution in [2.24, 2.45) is 7.05 Å². The Morgan fingerprint density at radius 1 is 1.23 bits per heavy atom. The van der Waals surface area contributed by atoms with E-state index < -0.39 is 0 Å². The summed E-state index contributed by atoms with van der Waals surface area (Å²) in [7, 11) is 1.71. The molecule has 1 amide bonds. The van der Waals surface area contributed by atoms with Gasteiger partial charge < -0.3 is 19.4 Å². The number of pyridine rings is 1. The molecule has 0 radical (unpaired) electrons. The van der Waals surface area contributed by atoms with Crippen molar-refractivity contribution in [1.29, 1.82) is 0 Å². The zero-order valence-corrected chi connectivity index (χ0v) is 15.7. The van der Waals surface area contributed by atoms with Crippen LogP contribution in [0.15, 0.2) is 23.3 Å². The summed E-state index contributed by atoms with van der Waals surface area (Å²) in [5.41, 5.74) is 1.07. The van der Waals surface area contributed by atoms with Gasteiger partial charge in [0.05, 0.1) is 5.56 Å². The highest BCUT2D eigenvalue weighted by Crippen LogP contribution is 2.34. The van der Waals surface area contributed by atoms with Crippen LogP contribution in [0.5, 0.6) is 0 Å². The van der Waals surface area contributed by atoms with Crippen LogP contribution >= 0.6 is 0 Å². The molecule has 3 heterocycles. The molecule has 0 aromatic carbocycles. The number of amides is 1. The van der Waals surface area contributed by atoms with E-state index in [-0.39, 0.29) is 11.5 Å². The number of H-pyrrole nitrogens is 1. The summed E-state index contributed by atoms with van der Waals surface area (Å²) in [5, 5.41) is 0.743. The van der Waals surface area contributed by atoms with Gasteiger partial charge in [-0.15, -0.1) is 0 Å². The number of fused-ring (bicyclic) bond motifs is 1. The Morgan fingerprint density at radius 3 is 2.58 bits per heavy atom. The van der Waals surface area contributed by atoms with Crippen LogP contribution in [0.4, 0.5) is 0 Å². The van der Waals surface area contributed by atoms with E-state index in [0.29, 0.717) is 23.2 Å². The van der Waals surface area contributed by atoms with Gasteiger partial charge in [0.2, 0.25) is 0 Å². The van der Waals surface area contributed by atoms with E-state index in [2.05, 4.69) is 21.7 Å². The predicted molar refractivity (Wildman–Crippen MR) is 102 cm³/mol. The quantitative estimate of drug-likeness (QED) is 0.894. The van der Waals surface area contributed by atoms with Gasteiger partial charge in [0, 0.05) is 50.0 Å². The van der Waals surface area contributed by atoms with Crippen LogP contribution in [0, 0.1) is 0 Å². The number of piperidine rings is 1. The Labute approximate surface area is 153 Å². The summed E-state index contributed by atoms with van der Waals surface area (Å²) in [6.07, 6.45) is 8.93. The van der Waals surface area contributed by atoms with Crippen molar-refractivity contribution in [3.8, 4) is 0 Å². The second-order valence-corrected chi connectivity index (χ2v) is 7.74. The van der Waals surface area contributed by atoms with E-state index in [1.165, 1.54) is 11.0 Å². The highest BCUT2D eigenvalue weighted by Gasteiger charge is 2.39. The highest BCUT2D eigenvalue weighted by atomic mass is 16.2. The van der Waals surface area contributed by atoms with Gasteiger partial charge in [0.1, 0.15) is 5.52 Å². The Kier molecular flexibility index (Phi) is 4.61. The first-order valence-electron chi connectivity index (χ1n) is 9.82. The van der Waals surface area contributed by atoms with Crippen LogP contribution in [0.1, 0.15) is 49.4 Å². The molecule has 0 spiro atoms. The van der Waals surface area contributed by atoms with E-state index in [1.807, 2.05) is 6.07 Å². The SMILES string of the molecule is CCCN1CCC(N(C(=O)c2cn(C)c(=O)c3[nH]ccc23)C2CC2)CC1. The van der Waals surface area contributed by atoms with Crippen molar-refractivity contribution >= 4 is 16.8 Å². The highest BCUT2D eigenvalue weighted by molar-refractivity contribution is 6.06. The van der Waals surface area contributed by atoms with Gasteiger partial charge in [-0.3, -0.25) is 9.59 Å². The number of nitrogens with zero attached hydrogens (tertiary/aromatic N) is 3. The lowest BCUT2D eigenvalue weighted by Gasteiger charge is -2.39. The van der Waals surface area contributed by atoms with Crippen LogP contribution in [-0.4, -0.2) is 57.0 Å². The van der Waals surface area contributed by atoms with Crippen molar-refractivity contribution in [1.82, 2.24) is 19.4 Å². The fourth-order valence-corrected chi connectivity index (χ4v) is 4.30. The molecule has 6 nitrogen and oxygen atoms in total. The minimum Gasteiger partial charge on any atom is -0.357 e. The molecule has 1 aliphatic carbocycles. The number of aromatic amines is 1. The molecule has 26 heavy (non-hydrogen) atoms. The molecule has 0 atom stereocenters. The molecule has 1 aliphatic heterocycles. The average molecular weight is 356 g/mol. The summed E-state index contributed by atoms with van der Waals surface area (Å²) in [5.74, 6) is 0.0849. The van der Waals surface area contributed by atoms with E-state index in [0.717, 1.165) is 50.7 Å². The zero-order valence-electron chi connectivity index (χ0n) is 15.7. The van der Waals surface area contributed by atoms with Crippen molar-refractivity contribution in [2.75, 3.05) is 19.6 Å². The van der Waals surface area contributed by atoms with Gasteiger partial charge in [-0.05, 0) is 44.7 Å². The fraction of sp³-hybridized carbons (Fsp3) is 0.600. The number of likely N-dealkylation sites (tertiary alicyclic amines) is 1. The maximum absolute atomic E-state index is 13.5. The molecule has 1 N–H and O–H groups in total.